The number of aromatic nitrogens is 2. The molecule has 2 heterocycles. The summed E-state index contributed by atoms with van der Waals surface area (Å²) in [5.74, 6) is 0.331. The third-order valence-corrected chi connectivity index (χ3v) is 5.89. The van der Waals surface area contributed by atoms with Crippen LogP contribution in [0.15, 0.2) is 27.6 Å². The summed E-state index contributed by atoms with van der Waals surface area (Å²) in [6, 6.07) is 4.09. The van der Waals surface area contributed by atoms with E-state index in [-0.39, 0.29) is 22.9 Å². The first-order valence-electron chi connectivity index (χ1n) is 6.95. The van der Waals surface area contributed by atoms with Crippen molar-refractivity contribution in [3.8, 4) is 0 Å². The molecule has 3 rings (SSSR count). The lowest BCUT2D eigenvalue weighted by Crippen LogP contribution is -2.29. The lowest BCUT2D eigenvalue weighted by atomic mass is 10.1. The summed E-state index contributed by atoms with van der Waals surface area (Å²) >= 11 is 0. The van der Waals surface area contributed by atoms with Gasteiger partial charge in [0.05, 0.1) is 10.8 Å². The lowest BCUT2D eigenvalue weighted by molar-refractivity contribution is 0.351. The predicted molar refractivity (Wildman–Crippen MR) is 76.3 cm³/mol. The highest BCUT2D eigenvalue weighted by molar-refractivity contribution is 7.89. The molecule has 0 N–H and O–H groups in total. The SMILES string of the molecule is Cc1noc(C2CCN(S(=O)(=O)c3cccc(F)c3C)C2)n1. The zero-order valence-electron chi connectivity index (χ0n) is 12.3. The Kier molecular flexibility index (Phi) is 3.73. The number of sulfonamides is 1. The fraction of sp³-hybridized carbons (Fsp3) is 0.429. The van der Waals surface area contributed by atoms with Gasteiger partial charge in [-0.3, -0.25) is 0 Å². The second-order valence-corrected chi connectivity index (χ2v) is 7.30. The van der Waals surface area contributed by atoms with Crippen LogP contribution in [-0.2, 0) is 10.0 Å². The monoisotopic (exact) mass is 325 g/mol. The normalized spacial score (nSPS) is 19.7. The molecule has 1 unspecified atom stereocenters. The zero-order valence-corrected chi connectivity index (χ0v) is 13.1. The quantitative estimate of drug-likeness (QED) is 0.863. The number of aryl methyl sites for hydroxylation is 1. The van der Waals surface area contributed by atoms with Gasteiger partial charge < -0.3 is 4.52 Å². The number of halogens is 1. The third-order valence-electron chi connectivity index (χ3n) is 3.88. The molecule has 0 spiro atoms. The molecule has 8 heteroatoms. The highest BCUT2D eigenvalue weighted by atomic mass is 32.2. The maximum atomic E-state index is 13.6. The van der Waals surface area contributed by atoms with Crippen LogP contribution in [0.1, 0.15) is 29.6 Å². The minimum Gasteiger partial charge on any atom is -0.339 e. The van der Waals surface area contributed by atoms with Crippen LogP contribution >= 0.6 is 0 Å². The minimum absolute atomic E-state index is 0.00913. The van der Waals surface area contributed by atoms with Crippen molar-refractivity contribution in [2.45, 2.75) is 31.1 Å². The van der Waals surface area contributed by atoms with Gasteiger partial charge in [-0.2, -0.15) is 9.29 Å². The Bertz CT molecular complexity index is 803. The first-order chi connectivity index (χ1) is 10.4. The van der Waals surface area contributed by atoms with Crippen molar-refractivity contribution in [3.05, 3.63) is 41.3 Å². The molecule has 0 amide bonds. The van der Waals surface area contributed by atoms with E-state index < -0.39 is 15.8 Å². The van der Waals surface area contributed by atoms with E-state index in [1.165, 1.54) is 29.4 Å². The summed E-state index contributed by atoms with van der Waals surface area (Å²) < 4.78 is 45.5. The van der Waals surface area contributed by atoms with Crippen molar-refractivity contribution < 1.29 is 17.3 Å². The van der Waals surface area contributed by atoms with Gasteiger partial charge in [0, 0.05) is 18.7 Å². The maximum absolute atomic E-state index is 13.6. The molecule has 1 aliphatic heterocycles. The van der Waals surface area contributed by atoms with Gasteiger partial charge >= 0.3 is 0 Å². The molecule has 0 saturated carbocycles. The second-order valence-electron chi connectivity index (χ2n) is 5.39. The molecule has 1 aromatic heterocycles. The molecular weight excluding hydrogens is 309 g/mol. The summed E-state index contributed by atoms with van der Waals surface area (Å²) in [7, 11) is -3.72. The van der Waals surface area contributed by atoms with Gasteiger partial charge in [0.25, 0.3) is 0 Å². The van der Waals surface area contributed by atoms with Gasteiger partial charge in [0.1, 0.15) is 5.82 Å². The molecule has 1 atom stereocenters. The Morgan fingerprint density at radius 1 is 1.36 bits per heavy atom. The van der Waals surface area contributed by atoms with Crippen molar-refractivity contribution in [2.75, 3.05) is 13.1 Å². The minimum atomic E-state index is -3.72. The summed E-state index contributed by atoms with van der Waals surface area (Å²) in [6.45, 7) is 3.80. The molecule has 118 valence electrons. The van der Waals surface area contributed by atoms with Gasteiger partial charge in [-0.15, -0.1) is 0 Å². The van der Waals surface area contributed by atoms with Gasteiger partial charge in [-0.25, -0.2) is 12.8 Å². The molecule has 1 fully saturated rings. The molecule has 1 aromatic carbocycles. The molecule has 1 saturated heterocycles. The van der Waals surface area contributed by atoms with Crippen LogP contribution in [0.3, 0.4) is 0 Å². The molecule has 6 nitrogen and oxygen atoms in total. The van der Waals surface area contributed by atoms with Crippen molar-refractivity contribution in [2.24, 2.45) is 0 Å². The maximum Gasteiger partial charge on any atom is 0.243 e. The van der Waals surface area contributed by atoms with E-state index in [2.05, 4.69) is 10.1 Å². The van der Waals surface area contributed by atoms with Gasteiger partial charge in [-0.1, -0.05) is 11.2 Å². The van der Waals surface area contributed by atoms with E-state index in [1.54, 1.807) is 6.92 Å². The number of rotatable bonds is 3. The molecule has 2 aromatic rings. The molecule has 1 aliphatic rings. The molecule has 22 heavy (non-hydrogen) atoms. The van der Waals surface area contributed by atoms with Gasteiger partial charge in [0.15, 0.2) is 5.82 Å². The van der Waals surface area contributed by atoms with Crippen molar-refractivity contribution in [3.63, 3.8) is 0 Å². The largest absolute Gasteiger partial charge is 0.339 e. The van der Waals surface area contributed by atoms with E-state index >= 15 is 0 Å². The van der Waals surface area contributed by atoms with Crippen molar-refractivity contribution in [1.82, 2.24) is 14.4 Å². The van der Waals surface area contributed by atoms with Crippen LogP contribution in [-0.4, -0.2) is 36.0 Å². The van der Waals surface area contributed by atoms with Gasteiger partial charge in [0.2, 0.25) is 15.9 Å². The molecular formula is C14H16FN3O3S. The number of hydrogen-bond acceptors (Lipinski definition) is 5. The van der Waals surface area contributed by atoms with Crippen LogP contribution in [0.2, 0.25) is 0 Å². The van der Waals surface area contributed by atoms with Crippen LogP contribution in [0.5, 0.6) is 0 Å². The Hall–Kier alpha value is -1.80. The summed E-state index contributed by atoms with van der Waals surface area (Å²) in [6.07, 6.45) is 0.606. The Morgan fingerprint density at radius 3 is 2.82 bits per heavy atom. The third kappa shape index (κ3) is 2.52. The highest BCUT2D eigenvalue weighted by Crippen LogP contribution is 2.31. The highest BCUT2D eigenvalue weighted by Gasteiger charge is 2.36. The summed E-state index contributed by atoms with van der Waals surface area (Å²) in [4.78, 5) is 4.16. The first kappa shape index (κ1) is 15.1. The van der Waals surface area contributed by atoms with E-state index in [0.717, 1.165) is 0 Å². The molecule has 0 radical (unpaired) electrons. The Morgan fingerprint density at radius 2 is 2.14 bits per heavy atom. The lowest BCUT2D eigenvalue weighted by Gasteiger charge is -2.17. The van der Waals surface area contributed by atoms with E-state index in [0.29, 0.717) is 24.7 Å². The average Bonchev–Trinajstić information content (AvgIpc) is 3.10. The first-order valence-corrected chi connectivity index (χ1v) is 8.39. The smallest absolute Gasteiger partial charge is 0.243 e. The summed E-state index contributed by atoms with van der Waals surface area (Å²) in [5, 5.41) is 3.73. The molecule has 0 aliphatic carbocycles. The predicted octanol–water partition coefficient (Wildman–Crippen LogP) is 2.00. The topological polar surface area (TPSA) is 76.3 Å². The standard InChI is InChI=1S/C14H16FN3O3S/c1-9-12(15)4-3-5-13(9)22(19,20)18-7-6-11(8-18)14-16-10(2)17-21-14/h3-5,11H,6-8H2,1-2H3. The number of hydrogen-bond donors (Lipinski definition) is 0. The van der Waals surface area contributed by atoms with Gasteiger partial charge in [-0.05, 0) is 32.4 Å². The number of nitrogens with zero attached hydrogens (tertiary/aromatic N) is 3. The zero-order chi connectivity index (χ0) is 15.9. The Labute approximate surface area is 128 Å². The van der Waals surface area contributed by atoms with Crippen LogP contribution < -0.4 is 0 Å². The average molecular weight is 325 g/mol. The van der Waals surface area contributed by atoms with E-state index in [9.17, 15) is 12.8 Å². The molecule has 0 bridgehead atoms. The fourth-order valence-corrected chi connectivity index (χ4v) is 4.37. The fourth-order valence-electron chi connectivity index (χ4n) is 2.63. The van der Waals surface area contributed by atoms with Crippen LogP contribution in [0.25, 0.3) is 0 Å². The summed E-state index contributed by atoms with van der Waals surface area (Å²) in [5.41, 5.74) is 0.139. The van der Waals surface area contributed by atoms with E-state index in [1.807, 2.05) is 0 Å². The number of benzene rings is 1. The van der Waals surface area contributed by atoms with Crippen molar-refractivity contribution >= 4 is 10.0 Å². The van der Waals surface area contributed by atoms with Crippen LogP contribution in [0, 0.1) is 19.7 Å². The van der Waals surface area contributed by atoms with Crippen molar-refractivity contribution in [1.29, 1.82) is 0 Å². The second kappa shape index (κ2) is 5.44. The Balaban J connectivity index is 1.87. The van der Waals surface area contributed by atoms with E-state index in [4.69, 9.17) is 4.52 Å². The van der Waals surface area contributed by atoms with Crippen LogP contribution in [0.4, 0.5) is 4.39 Å².